The molecule has 0 amide bonds. The molecule has 18 heavy (non-hydrogen) atoms. The first-order chi connectivity index (χ1) is 8.59. The molecule has 0 saturated heterocycles. The summed E-state index contributed by atoms with van der Waals surface area (Å²) in [5.74, 6) is 0.302. The van der Waals surface area contributed by atoms with Crippen molar-refractivity contribution in [1.82, 2.24) is 15.2 Å². The highest BCUT2D eigenvalue weighted by atomic mass is 35.5. The highest BCUT2D eigenvalue weighted by molar-refractivity contribution is 6.28. The van der Waals surface area contributed by atoms with Crippen molar-refractivity contribution in [3.8, 4) is 0 Å². The van der Waals surface area contributed by atoms with E-state index in [1.54, 1.807) is 30.1 Å². The molecule has 6 heteroatoms. The van der Waals surface area contributed by atoms with Crippen molar-refractivity contribution in [2.45, 2.75) is 13.0 Å². The maximum Gasteiger partial charge on any atom is 0.244 e. The summed E-state index contributed by atoms with van der Waals surface area (Å²) in [4.78, 5) is 5.84. The van der Waals surface area contributed by atoms with Crippen LogP contribution in [-0.2, 0) is 0 Å². The van der Waals surface area contributed by atoms with Gasteiger partial charge in [0.05, 0.1) is 12.2 Å². The molecule has 4 nitrogen and oxygen atoms in total. The molecule has 0 fully saturated rings. The van der Waals surface area contributed by atoms with Crippen molar-refractivity contribution < 1.29 is 4.39 Å². The number of halogens is 2. The minimum Gasteiger partial charge on any atom is -0.351 e. The average molecular weight is 267 g/mol. The van der Waals surface area contributed by atoms with Crippen LogP contribution in [0, 0.1) is 5.82 Å². The number of nitrogens with zero attached hydrogens (tertiary/aromatic N) is 4. The van der Waals surface area contributed by atoms with E-state index in [4.69, 9.17) is 11.6 Å². The fourth-order valence-electron chi connectivity index (χ4n) is 1.66. The van der Waals surface area contributed by atoms with E-state index in [1.807, 2.05) is 6.92 Å². The molecule has 1 heterocycles. The molecule has 1 aromatic heterocycles. The lowest BCUT2D eigenvalue weighted by Gasteiger charge is -2.26. The number of benzene rings is 1. The Hall–Kier alpha value is -1.75. The average Bonchev–Trinajstić information content (AvgIpc) is 2.37. The van der Waals surface area contributed by atoms with Gasteiger partial charge in [0.15, 0.2) is 5.82 Å². The van der Waals surface area contributed by atoms with Crippen molar-refractivity contribution in [2.24, 2.45) is 0 Å². The zero-order chi connectivity index (χ0) is 13.1. The first-order valence-corrected chi connectivity index (χ1v) is 5.80. The molecule has 0 aliphatic heterocycles. The molecule has 0 aliphatic rings. The quantitative estimate of drug-likeness (QED) is 0.857. The third-order valence-electron chi connectivity index (χ3n) is 2.82. The normalized spacial score (nSPS) is 12.2. The first kappa shape index (κ1) is 12.7. The summed E-state index contributed by atoms with van der Waals surface area (Å²) in [5, 5.41) is 7.37. The van der Waals surface area contributed by atoms with Crippen molar-refractivity contribution in [3.63, 3.8) is 0 Å². The van der Waals surface area contributed by atoms with Crippen LogP contribution in [0.5, 0.6) is 0 Å². The van der Waals surface area contributed by atoms with E-state index < -0.39 is 0 Å². The fraction of sp³-hybridized carbons (Fsp3) is 0.250. The summed E-state index contributed by atoms with van der Waals surface area (Å²) >= 11 is 5.69. The number of anilines is 1. The maximum absolute atomic E-state index is 13.7. The molecule has 1 aromatic carbocycles. The minimum absolute atomic E-state index is 0.0695. The van der Waals surface area contributed by atoms with Crippen LogP contribution in [0.4, 0.5) is 10.2 Å². The SMILES string of the molecule is CC(c1ccccc1F)N(C)c1cnnc(Cl)n1. The molecule has 0 radical (unpaired) electrons. The Balaban J connectivity index is 2.29. The second kappa shape index (κ2) is 5.27. The topological polar surface area (TPSA) is 41.9 Å². The molecule has 0 bridgehead atoms. The van der Waals surface area contributed by atoms with Gasteiger partial charge in [-0.2, -0.15) is 10.1 Å². The highest BCUT2D eigenvalue weighted by Gasteiger charge is 2.17. The summed E-state index contributed by atoms with van der Waals surface area (Å²) < 4.78 is 13.7. The van der Waals surface area contributed by atoms with Gasteiger partial charge in [-0.15, -0.1) is 5.10 Å². The third kappa shape index (κ3) is 2.56. The minimum atomic E-state index is -0.245. The number of hydrogen-bond acceptors (Lipinski definition) is 4. The summed E-state index contributed by atoms with van der Waals surface area (Å²) in [6, 6.07) is 6.46. The Morgan fingerprint density at radius 3 is 2.72 bits per heavy atom. The van der Waals surface area contributed by atoms with Gasteiger partial charge in [-0.05, 0) is 24.6 Å². The van der Waals surface area contributed by atoms with E-state index in [2.05, 4.69) is 15.2 Å². The second-order valence-corrected chi connectivity index (χ2v) is 4.23. The van der Waals surface area contributed by atoms with Gasteiger partial charge >= 0.3 is 0 Å². The van der Waals surface area contributed by atoms with Crippen molar-refractivity contribution in [2.75, 3.05) is 11.9 Å². The highest BCUT2D eigenvalue weighted by Crippen LogP contribution is 2.25. The van der Waals surface area contributed by atoms with Crippen LogP contribution >= 0.6 is 11.6 Å². The van der Waals surface area contributed by atoms with E-state index in [1.165, 1.54) is 12.3 Å². The van der Waals surface area contributed by atoms with Gasteiger partial charge in [-0.25, -0.2) is 4.39 Å². The van der Waals surface area contributed by atoms with E-state index in [0.717, 1.165) is 0 Å². The summed E-state index contributed by atoms with van der Waals surface area (Å²) in [6.07, 6.45) is 1.49. The zero-order valence-electron chi connectivity index (χ0n) is 10.0. The Morgan fingerprint density at radius 1 is 1.33 bits per heavy atom. The van der Waals surface area contributed by atoms with E-state index in [9.17, 15) is 4.39 Å². The second-order valence-electron chi connectivity index (χ2n) is 3.89. The predicted octanol–water partition coefficient (Wildman–Crippen LogP) is 2.86. The summed E-state index contributed by atoms with van der Waals surface area (Å²) in [7, 11) is 1.80. The molecule has 0 spiro atoms. The Bertz CT molecular complexity index is 549. The zero-order valence-corrected chi connectivity index (χ0v) is 10.8. The summed E-state index contributed by atoms with van der Waals surface area (Å²) in [5.41, 5.74) is 0.592. The Morgan fingerprint density at radius 2 is 2.06 bits per heavy atom. The van der Waals surface area contributed by atoms with Gasteiger partial charge in [0, 0.05) is 12.6 Å². The molecular weight excluding hydrogens is 255 g/mol. The van der Waals surface area contributed by atoms with Gasteiger partial charge < -0.3 is 4.90 Å². The molecule has 1 atom stereocenters. The van der Waals surface area contributed by atoms with Crippen LogP contribution < -0.4 is 4.90 Å². The van der Waals surface area contributed by atoms with E-state index in [-0.39, 0.29) is 17.1 Å². The van der Waals surface area contributed by atoms with Crippen LogP contribution in [0.3, 0.4) is 0 Å². The van der Waals surface area contributed by atoms with Crippen LogP contribution in [0.1, 0.15) is 18.5 Å². The van der Waals surface area contributed by atoms with Crippen LogP contribution in [0.25, 0.3) is 0 Å². The number of hydrogen-bond donors (Lipinski definition) is 0. The van der Waals surface area contributed by atoms with Crippen LogP contribution in [0.15, 0.2) is 30.5 Å². The molecule has 1 unspecified atom stereocenters. The lowest BCUT2D eigenvalue weighted by Crippen LogP contribution is -2.23. The molecule has 2 rings (SSSR count). The Kier molecular flexibility index (Phi) is 3.72. The molecular formula is C12H12ClFN4. The standard InChI is InChI=1S/C12H12ClFN4/c1-8(9-5-3-4-6-10(9)14)18(2)11-7-15-17-12(13)16-11/h3-8H,1-2H3. The van der Waals surface area contributed by atoms with Crippen molar-refractivity contribution in [1.29, 1.82) is 0 Å². The Labute approximate surface area is 109 Å². The number of aromatic nitrogens is 3. The fourth-order valence-corrected chi connectivity index (χ4v) is 1.80. The smallest absolute Gasteiger partial charge is 0.244 e. The maximum atomic E-state index is 13.7. The molecule has 0 saturated carbocycles. The first-order valence-electron chi connectivity index (χ1n) is 5.42. The van der Waals surface area contributed by atoms with Crippen LogP contribution in [0.2, 0.25) is 5.28 Å². The largest absolute Gasteiger partial charge is 0.351 e. The van der Waals surface area contributed by atoms with E-state index >= 15 is 0 Å². The lowest BCUT2D eigenvalue weighted by atomic mass is 10.1. The van der Waals surface area contributed by atoms with Gasteiger partial charge in [0.25, 0.3) is 0 Å². The van der Waals surface area contributed by atoms with Gasteiger partial charge in [-0.3, -0.25) is 0 Å². The number of rotatable bonds is 3. The molecule has 0 N–H and O–H groups in total. The van der Waals surface area contributed by atoms with E-state index in [0.29, 0.717) is 11.4 Å². The van der Waals surface area contributed by atoms with Crippen molar-refractivity contribution in [3.05, 3.63) is 47.1 Å². The van der Waals surface area contributed by atoms with Gasteiger partial charge in [0.2, 0.25) is 5.28 Å². The molecule has 2 aromatic rings. The molecule has 0 aliphatic carbocycles. The predicted molar refractivity (Wildman–Crippen MR) is 68.1 cm³/mol. The summed E-state index contributed by atoms with van der Waals surface area (Å²) in [6.45, 7) is 1.88. The monoisotopic (exact) mass is 266 g/mol. The van der Waals surface area contributed by atoms with Crippen molar-refractivity contribution >= 4 is 17.4 Å². The van der Waals surface area contributed by atoms with Gasteiger partial charge in [0.1, 0.15) is 5.82 Å². The third-order valence-corrected chi connectivity index (χ3v) is 2.98. The van der Waals surface area contributed by atoms with Gasteiger partial charge in [-0.1, -0.05) is 18.2 Å². The van der Waals surface area contributed by atoms with Crippen LogP contribution in [-0.4, -0.2) is 22.2 Å². The lowest BCUT2D eigenvalue weighted by molar-refractivity contribution is 0.583. The molecule has 94 valence electrons.